The molecule has 0 amide bonds. The van der Waals surface area contributed by atoms with Gasteiger partial charge in [0.1, 0.15) is 21.8 Å². The largest absolute Gasteiger partial charge is 0.495 e. The summed E-state index contributed by atoms with van der Waals surface area (Å²) in [6.07, 6.45) is 0. The van der Waals surface area contributed by atoms with Gasteiger partial charge in [-0.3, -0.25) is 0 Å². The molecule has 0 spiro atoms. The Kier molecular flexibility index (Phi) is 5.12. The average Bonchev–Trinajstić information content (AvgIpc) is 2.46. The van der Waals surface area contributed by atoms with E-state index in [2.05, 4.69) is 15.9 Å². The molecule has 0 saturated carbocycles. The molecule has 0 aliphatic rings. The lowest BCUT2D eigenvalue weighted by molar-refractivity contribution is 0.386. The van der Waals surface area contributed by atoms with Crippen LogP contribution in [-0.4, -0.2) is 14.2 Å². The molecule has 5 heteroatoms. The highest BCUT2D eigenvalue weighted by atomic mass is 79.9. The summed E-state index contributed by atoms with van der Waals surface area (Å²) in [6.45, 7) is 1.83. The Balaban J connectivity index is 2.52. The summed E-state index contributed by atoms with van der Waals surface area (Å²) in [7, 11) is 3.16. The zero-order chi connectivity index (χ0) is 15.6. The van der Waals surface area contributed by atoms with Gasteiger partial charge in [-0.2, -0.15) is 0 Å². The topological polar surface area (TPSA) is 18.5 Å². The van der Waals surface area contributed by atoms with Gasteiger partial charge in [0.2, 0.25) is 0 Å². The number of ether oxygens (including phenoxy) is 2. The van der Waals surface area contributed by atoms with Crippen molar-refractivity contribution >= 4 is 27.5 Å². The second-order valence-corrected chi connectivity index (χ2v) is 5.80. The van der Waals surface area contributed by atoms with E-state index in [0.29, 0.717) is 16.0 Å². The maximum atomic E-state index is 13.2. The van der Waals surface area contributed by atoms with Gasteiger partial charge in [-0.15, -0.1) is 11.6 Å². The SMILES string of the molecule is COc1ccc(C(Cl)c2ccc(F)cc2C)c(OC)c1Br. The second-order valence-electron chi connectivity index (χ2n) is 4.57. The van der Waals surface area contributed by atoms with Crippen LogP contribution in [0.25, 0.3) is 0 Å². The molecule has 2 aromatic rings. The molecule has 112 valence electrons. The van der Waals surface area contributed by atoms with Crippen LogP contribution in [0.3, 0.4) is 0 Å². The van der Waals surface area contributed by atoms with Gasteiger partial charge in [-0.1, -0.05) is 6.07 Å². The monoisotopic (exact) mass is 372 g/mol. The van der Waals surface area contributed by atoms with Crippen molar-refractivity contribution in [3.63, 3.8) is 0 Å². The standard InChI is InChI=1S/C16H15BrClFO2/c1-9-8-10(19)4-5-11(9)15(18)12-6-7-13(20-2)14(17)16(12)21-3/h4-8,15H,1-3H3. The third-order valence-electron chi connectivity index (χ3n) is 3.29. The zero-order valence-electron chi connectivity index (χ0n) is 11.9. The van der Waals surface area contributed by atoms with Gasteiger partial charge >= 0.3 is 0 Å². The van der Waals surface area contributed by atoms with Crippen molar-refractivity contribution in [1.82, 2.24) is 0 Å². The molecule has 0 aliphatic heterocycles. The molecule has 2 rings (SSSR count). The van der Waals surface area contributed by atoms with Crippen LogP contribution in [0.1, 0.15) is 22.1 Å². The number of aryl methyl sites for hydroxylation is 1. The summed E-state index contributed by atoms with van der Waals surface area (Å²) in [4.78, 5) is 0. The van der Waals surface area contributed by atoms with Crippen LogP contribution in [0, 0.1) is 12.7 Å². The van der Waals surface area contributed by atoms with Crippen LogP contribution >= 0.6 is 27.5 Å². The first-order valence-electron chi connectivity index (χ1n) is 6.30. The summed E-state index contributed by atoms with van der Waals surface area (Å²) in [5.74, 6) is 0.997. The van der Waals surface area contributed by atoms with Crippen molar-refractivity contribution < 1.29 is 13.9 Å². The highest BCUT2D eigenvalue weighted by Crippen LogP contribution is 2.44. The van der Waals surface area contributed by atoms with E-state index in [4.69, 9.17) is 21.1 Å². The van der Waals surface area contributed by atoms with Crippen LogP contribution in [0.15, 0.2) is 34.8 Å². The Morgan fingerprint density at radius 3 is 2.33 bits per heavy atom. The Morgan fingerprint density at radius 1 is 1.10 bits per heavy atom. The first-order valence-corrected chi connectivity index (χ1v) is 7.53. The fraction of sp³-hybridized carbons (Fsp3) is 0.250. The molecule has 0 fully saturated rings. The summed E-state index contributed by atoms with van der Waals surface area (Å²) >= 11 is 10.0. The molecule has 2 nitrogen and oxygen atoms in total. The number of hydrogen-bond donors (Lipinski definition) is 0. The quantitative estimate of drug-likeness (QED) is 0.682. The van der Waals surface area contributed by atoms with Crippen LogP contribution < -0.4 is 9.47 Å². The van der Waals surface area contributed by atoms with E-state index in [1.807, 2.05) is 19.1 Å². The van der Waals surface area contributed by atoms with Crippen LogP contribution in [0.2, 0.25) is 0 Å². The Bertz CT molecular complexity index is 661. The lowest BCUT2D eigenvalue weighted by Crippen LogP contribution is -2.01. The fourth-order valence-electron chi connectivity index (χ4n) is 2.21. The Morgan fingerprint density at radius 2 is 1.76 bits per heavy atom. The van der Waals surface area contributed by atoms with Crippen molar-refractivity contribution in [2.45, 2.75) is 12.3 Å². The zero-order valence-corrected chi connectivity index (χ0v) is 14.3. The number of hydrogen-bond acceptors (Lipinski definition) is 2. The second kappa shape index (κ2) is 6.67. The van der Waals surface area contributed by atoms with E-state index in [1.54, 1.807) is 20.3 Å². The molecule has 0 radical (unpaired) electrons. The van der Waals surface area contributed by atoms with Gasteiger partial charge < -0.3 is 9.47 Å². The van der Waals surface area contributed by atoms with Gasteiger partial charge in [0.15, 0.2) is 0 Å². The van der Waals surface area contributed by atoms with E-state index >= 15 is 0 Å². The van der Waals surface area contributed by atoms with E-state index in [9.17, 15) is 4.39 Å². The van der Waals surface area contributed by atoms with E-state index in [1.165, 1.54) is 12.1 Å². The van der Waals surface area contributed by atoms with Gasteiger partial charge in [-0.25, -0.2) is 4.39 Å². The predicted molar refractivity (Wildman–Crippen MR) is 86.1 cm³/mol. The van der Waals surface area contributed by atoms with Crippen molar-refractivity contribution in [2.24, 2.45) is 0 Å². The van der Waals surface area contributed by atoms with E-state index in [-0.39, 0.29) is 5.82 Å². The maximum absolute atomic E-state index is 13.2. The van der Waals surface area contributed by atoms with Crippen molar-refractivity contribution in [3.8, 4) is 11.5 Å². The smallest absolute Gasteiger partial charge is 0.141 e. The summed E-state index contributed by atoms with van der Waals surface area (Å²) in [5.41, 5.74) is 2.43. The lowest BCUT2D eigenvalue weighted by Gasteiger charge is -2.18. The molecule has 0 N–H and O–H groups in total. The number of methoxy groups -OCH3 is 2. The molecule has 0 bridgehead atoms. The number of benzene rings is 2. The first kappa shape index (κ1) is 16.1. The molecule has 2 aromatic carbocycles. The molecular formula is C16H15BrClFO2. The van der Waals surface area contributed by atoms with Crippen LogP contribution in [0.5, 0.6) is 11.5 Å². The minimum atomic E-state index is -0.442. The summed E-state index contributed by atoms with van der Waals surface area (Å²) in [6, 6.07) is 8.23. The van der Waals surface area contributed by atoms with Gasteiger partial charge in [0, 0.05) is 5.56 Å². The minimum Gasteiger partial charge on any atom is -0.495 e. The highest BCUT2D eigenvalue weighted by molar-refractivity contribution is 9.10. The molecule has 1 atom stereocenters. The van der Waals surface area contributed by atoms with E-state index < -0.39 is 5.38 Å². The molecule has 0 heterocycles. The molecule has 0 saturated heterocycles. The van der Waals surface area contributed by atoms with Crippen LogP contribution in [0.4, 0.5) is 4.39 Å². The molecule has 1 unspecified atom stereocenters. The summed E-state index contributed by atoms with van der Waals surface area (Å²) in [5, 5.41) is -0.442. The first-order chi connectivity index (χ1) is 9.99. The average molecular weight is 374 g/mol. The van der Waals surface area contributed by atoms with E-state index in [0.717, 1.165) is 16.7 Å². The molecular weight excluding hydrogens is 359 g/mol. The van der Waals surface area contributed by atoms with Crippen molar-refractivity contribution in [1.29, 1.82) is 0 Å². The van der Waals surface area contributed by atoms with Gasteiger partial charge in [0.25, 0.3) is 0 Å². The number of halogens is 3. The van der Waals surface area contributed by atoms with Gasteiger partial charge in [0.05, 0.1) is 19.6 Å². The number of alkyl halides is 1. The summed E-state index contributed by atoms with van der Waals surface area (Å²) < 4.78 is 24.6. The number of rotatable bonds is 4. The molecule has 21 heavy (non-hydrogen) atoms. The fourth-order valence-corrected chi connectivity index (χ4v) is 3.31. The lowest BCUT2D eigenvalue weighted by atomic mass is 9.99. The third-order valence-corrected chi connectivity index (χ3v) is 4.52. The van der Waals surface area contributed by atoms with Crippen LogP contribution in [-0.2, 0) is 0 Å². The molecule has 0 aliphatic carbocycles. The normalized spacial score (nSPS) is 12.1. The van der Waals surface area contributed by atoms with Gasteiger partial charge in [-0.05, 0) is 58.2 Å². The third kappa shape index (κ3) is 3.16. The predicted octanol–water partition coefficient (Wildman–Crippen LogP) is 5.24. The van der Waals surface area contributed by atoms with Crippen molar-refractivity contribution in [3.05, 3.63) is 57.3 Å². The van der Waals surface area contributed by atoms with Crippen molar-refractivity contribution in [2.75, 3.05) is 14.2 Å². The Labute approximate surface area is 137 Å². The Hall–Kier alpha value is -1.26. The highest BCUT2D eigenvalue weighted by Gasteiger charge is 2.21. The molecule has 0 aromatic heterocycles. The maximum Gasteiger partial charge on any atom is 0.141 e. The minimum absolute atomic E-state index is 0.275.